The molecule has 0 aromatic heterocycles. The van der Waals surface area contributed by atoms with Crippen molar-refractivity contribution in [2.45, 2.75) is 12.8 Å². The summed E-state index contributed by atoms with van der Waals surface area (Å²) in [6.07, 6.45) is 1.64. The lowest BCUT2D eigenvalue weighted by atomic mass is 9.96. The predicted molar refractivity (Wildman–Crippen MR) is 97.8 cm³/mol. The Morgan fingerprint density at radius 1 is 1.04 bits per heavy atom. The number of nitrogens with one attached hydrogen (secondary N) is 1. The third-order valence-corrected chi connectivity index (χ3v) is 4.92. The highest BCUT2D eigenvalue weighted by Crippen LogP contribution is 2.23. The Bertz CT molecular complexity index is 733. The maximum atomic E-state index is 12.7. The first kappa shape index (κ1) is 16.7. The van der Waals surface area contributed by atoms with Gasteiger partial charge in [0.2, 0.25) is 5.91 Å². The number of para-hydroxylation sites is 1. The molecule has 1 heterocycles. The molecule has 1 fully saturated rings. The molecule has 0 saturated carbocycles. The molecule has 0 bridgehead atoms. The van der Waals surface area contributed by atoms with Gasteiger partial charge in [-0.15, -0.1) is 0 Å². The molecule has 24 heavy (non-hydrogen) atoms. The topological polar surface area (TPSA) is 49.4 Å². The Morgan fingerprint density at radius 3 is 2.50 bits per heavy atom. The van der Waals surface area contributed by atoms with Crippen LogP contribution in [0.25, 0.3) is 0 Å². The lowest BCUT2D eigenvalue weighted by molar-refractivity contribution is -0.121. The zero-order valence-electron chi connectivity index (χ0n) is 13.2. The molecule has 0 aliphatic carbocycles. The monoisotopic (exact) mass is 386 g/mol. The van der Waals surface area contributed by atoms with Gasteiger partial charge in [-0.25, -0.2) is 0 Å². The Balaban J connectivity index is 1.67. The van der Waals surface area contributed by atoms with Crippen LogP contribution in [0.5, 0.6) is 0 Å². The van der Waals surface area contributed by atoms with Gasteiger partial charge in [0.1, 0.15) is 0 Å². The molecule has 1 unspecified atom stereocenters. The summed E-state index contributed by atoms with van der Waals surface area (Å²) in [5, 5.41) is 2.94. The van der Waals surface area contributed by atoms with E-state index >= 15 is 0 Å². The smallest absolute Gasteiger partial charge is 0.255 e. The highest BCUT2D eigenvalue weighted by Gasteiger charge is 2.29. The molecule has 1 aliphatic heterocycles. The fourth-order valence-electron chi connectivity index (χ4n) is 2.95. The molecule has 124 valence electrons. The minimum atomic E-state index is -0.176. The zero-order chi connectivity index (χ0) is 16.9. The summed E-state index contributed by atoms with van der Waals surface area (Å²) in [5.41, 5.74) is 1.43. The summed E-state index contributed by atoms with van der Waals surface area (Å²) < 4.78 is 0.783. The fourth-order valence-corrected chi connectivity index (χ4v) is 3.40. The van der Waals surface area contributed by atoms with Gasteiger partial charge in [-0.2, -0.15) is 0 Å². The molecule has 2 aromatic rings. The number of amides is 2. The van der Waals surface area contributed by atoms with E-state index in [0.717, 1.165) is 23.0 Å². The van der Waals surface area contributed by atoms with Crippen molar-refractivity contribution < 1.29 is 9.59 Å². The van der Waals surface area contributed by atoms with Crippen molar-refractivity contribution >= 4 is 33.4 Å². The molecule has 5 heteroatoms. The van der Waals surface area contributed by atoms with Crippen LogP contribution in [0.2, 0.25) is 0 Å². The number of hydrogen-bond acceptors (Lipinski definition) is 2. The van der Waals surface area contributed by atoms with Gasteiger partial charge in [0, 0.05) is 23.2 Å². The molecule has 1 N–H and O–H groups in total. The highest BCUT2D eigenvalue weighted by molar-refractivity contribution is 9.10. The molecule has 1 saturated heterocycles. The maximum absolute atomic E-state index is 12.7. The molecule has 4 nitrogen and oxygen atoms in total. The van der Waals surface area contributed by atoms with Gasteiger partial charge in [-0.1, -0.05) is 30.3 Å². The van der Waals surface area contributed by atoms with E-state index in [0.29, 0.717) is 18.7 Å². The van der Waals surface area contributed by atoms with Crippen molar-refractivity contribution in [2.75, 3.05) is 18.4 Å². The van der Waals surface area contributed by atoms with Crippen LogP contribution in [0.1, 0.15) is 23.2 Å². The van der Waals surface area contributed by atoms with Crippen LogP contribution in [-0.4, -0.2) is 29.8 Å². The minimum absolute atomic E-state index is 0.0224. The number of benzene rings is 2. The Labute approximate surface area is 150 Å². The second-order valence-electron chi connectivity index (χ2n) is 5.93. The Kier molecular flexibility index (Phi) is 5.30. The lowest BCUT2D eigenvalue weighted by Crippen LogP contribution is -2.43. The van der Waals surface area contributed by atoms with E-state index in [1.165, 1.54) is 0 Å². The van der Waals surface area contributed by atoms with E-state index in [-0.39, 0.29) is 17.7 Å². The third-order valence-electron chi connectivity index (χ3n) is 4.22. The van der Waals surface area contributed by atoms with Crippen LogP contribution in [0, 0.1) is 5.92 Å². The first-order valence-corrected chi connectivity index (χ1v) is 8.84. The van der Waals surface area contributed by atoms with E-state index in [2.05, 4.69) is 21.2 Å². The molecule has 2 aromatic carbocycles. The van der Waals surface area contributed by atoms with Gasteiger partial charge in [-0.05, 0) is 53.0 Å². The number of anilines is 1. The summed E-state index contributed by atoms with van der Waals surface area (Å²) in [5.74, 6) is -0.226. The van der Waals surface area contributed by atoms with E-state index in [1.807, 2.05) is 48.5 Å². The van der Waals surface area contributed by atoms with Crippen LogP contribution in [0.4, 0.5) is 5.69 Å². The van der Waals surface area contributed by atoms with Crippen LogP contribution < -0.4 is 5.32 Å². The molecule has 2 amide bonds. The summed E-state index contributed by atoms with van der Waals surface area (Å²) in [6.45, 7) is 1.15. The SMILES string of the molecule is O=C(Nc1ccccc1)C1CCCN(C(=O)c2ccccc2Br)C1. The van der Waals surface area contributed by atoms with Gasteiger partial charge < -0.3 is 10.2 Å². The van der Waals surface area contributed by atoms with E-state index in [9.17, 15) is 9.59 Å². The van der Waals surface area contributed by atoms with Gasteiger partial charge in [0.05, 0.1) is 11.5 Å². The average molecular weight is 387 g/mol. The normalized spacial score (nSPS) is 17.4. The maximum Gasteiger partial charge on any atom is 0.255 e. The molecule has 1 aliphatic rings. The van der Waals surface area contributed by atoms with E-state index in [1.54, 1.807) is 11.0 Å². The van der Waals surface area contributed by atoms with Crippen molar-refractivity contribution in [3.63, 3.8) is 0 Å². The minimum Gasteiger partial charge on any atom is -0.338 e. The van der Waals surface area contributed by atoms with E-state index < -0.39 is 0 Å². The van der Waals surface area contributed by atoms with Crippen molar-refractivity contribution in [2.24, 2.45) is 5.92 Å². The summed E-state index contributed by atoms with van der Waals surface area (Å²) in [6, 6.07) is 16.8. The number of piperidine rings is 1. The number of hydrogen-bond donors (Lipinski definition) is 1. The molecule has 0 spiro atoms. The number of carbonyl (C=O) groups is 2. The molecular formula is C19H19BrN2O2. The Hall–Kier alpha value is -2.14. The quantitative estimate of drug-likeness (QED) is 0.868. The zero-order valence-corrected chi connectivity index (χ0v) is 14.8. The Morgan fingerprint density at radius 2 is 1.75 bits per heavy atom. The standard InChI is InChI=1S/C19H19BrN2O2/c20-17-11-5-4-10-16(17)19(24)22-12-6-7-14(13-22)18(23)21-15-8-2-1-3-9-15/h1-5,8-11,14H,6-7,12-13H2,(H,21,23). The van der Waals surface area contributed by atoms with E-state index in [4.69, 9.17) is 0 Å². The number of rotatable bonds is 3. The highest BCUT2D eigenvalue weighted by atomic mass is 79.9. The number of nitrogens with zero attached hydrogens (tertiary/aromatic N) is 1. The van der Waals surface area contributed by atoms with Crippen LogP contribution in [-0.2, 0) is 4.79 Å². The van der Waals surface area contributed by atoms with Crippen molar-refractivity contribution in [3.8, 4) is 0 Å². The molecule has 0 radical (unpaired) electrons. The summed E-state index contributed by atoms with van der Waals surface area (Å²) in [7, 11) is 0. The van der Waals surface area contributed by atoms with Crippen LogP contribution in [0.15, 0.2) is 59.1 Å². The molecule has 1 atom stereocenters. The second kappa shape index (κ2) is 7.62. The first-order valence-electron chi connectivity index (χ1n) is 8.05. The number of carbonyl (C=O) groups excluding carboxylic acids is 2. The number of halogens is 1. The van der Waals surface area contributed by atoms with Crippen molar-refractivity contribution in [1.29, 1.82) is 0 Å². The largest absolute Gasteiger partial charge is 0.338 e. The number of likely N-dealkylation sites (tertiary alicyclic amines) is 1. The third kappa shape index (κ3) is 3.85. The van der Waals surface area contributed by atoms with Crippen LogP contribution >= 0.6 is 15.9 Å². The fraction of sp³-hybridized carbons (Fsp3) is 0.263. The molecule has 3 rings (SSSR count). The van der Waals surface area contributed by atoms with Crippen LogP contribution in [0.3, 0.4) is 0 Å². The van der Waals surface area contributed by atoms with Gasteiger partial charge in [-0.3, -0.25) is 9.59 Å². The van der Waals surface area contributed by atoms with Gasteiger partial charge >= 0.3 is 0 Å². The average Bonchev–Trinajstić information content (AvgIpc) is 2.62. The van der Waals surface area contributed by atoms with Crippen molar-refractivity contribution in [3.05, 3.63) is 64.6 Å². The van der Waals surface area contributed by atoms with Gasteiger partial charge in [0.15, 0.2) is 0 Å². The lowest BCUT2D eigenvalue weighted by Gasteiger charge is -2.32. The molecular weight excluding hydrogens is 368 g/mol. The van der Waals surface area contributed by atoms with Crippen molar-refractivity contribution in [1.82, 2.24) is 4.90 Å². The van der Waals surface area contributed by atoms with Gasteiger partial charge in [0.25, 0.3) is 5.91 Å². The second-order valence-corrected chi connectivity index (χ2v) is 6.78. The summed E-state index contributed by atoms with van der Waals surface area (Å²) >= 11 is 3.43. The predicted octanol–water partition coefficient (Wildman–Crippen LogP) is 3.94. The summed E-state index contributed by atoms with van der Waals surface area (Å²) in [4.78, 5) is 27.0. The first-order chi connectivity index (χ1) is 11.6.